The fraction of sp³-hybridized carbons (Fsp3) is 0.368. The second kappa shape index (κ2) is 8.03. The zero-order chi connectivity index (χ0) is 19.4. The second-order valence-electron chi connectivity index (χ2n) is 6.51. The molecular formula is C19H24N6O2. The number of likely N-dealkylation sites (tertiary alicyclic amines) is 1. The Hall–Kier alpha value is -3.16. The molecule has 0 radical (unpaired) electrons. The summed E-state index contributed by atoms with van der Waals surface area (Å²) in [5.41, 5.74) is 1.83. The quantitative estimate of drug-likeness (QED) is 0.643. The summed E-state index contributed by atoms with van der Waals surface area (Å²) in [6.07, 6.45) is 5.49. The van der Waals surface area contributed by atoms with Crippen LogP contribution >= 0.6 is 0 Å². The number of carbonyl (C=O) groups excluding carboxylic acids is 1. The van der Waals surface area contributed by atoms with Crippen molar-refractivity contribution < 1.29 is 4.79 Å². The van der Waals surface area contributed by atoms with E-state index in [9.17, 15) is 9.59 Å². The van der Waals surface area contributed by atoms with Crippen LogP contribution in [-0.4, -0.2) is 51.9 Å². The van der Waals surface area contributed by atoms with Crippen molar-refractivity contribution in [2.24, 2.45) is 5.92 Å². The highest BCUT2D eigenvalue weighted by molar-refractivity contribution is 5.87. The van der Waals surface area contributed by atoms with Crippen LogP contribution in [0.3, 0.4) is 0 Å². The number of nitrogens with one attached hydrogen (secondary N) is 3. The molecule has 0 bridgehead atoms. The maximum atomic E-state index is 12.3. The summed E-state index contributed by atoms with van der Waals surface area (Å²) in [7, 11) is 1.75. The maximum absolute atomic E-state index is 12.3. The van der Waals surface area contributed by atoms with Crippen LogP contribution in [0.4, 0.5) is 11.6 Å². The molecule has 3 N–H and O–H groups in total. The van der Waals surface area contributed by atoms with Gasteiger partial charge in [-0.3, -0.25) is 9.59 Å². The average Bonchev–Trinajstić information content (AvgIpc) is 2.67. The van der Waals surface area contributed by atoms with E-state index in [1.165, 1.54) is 6.08 Å². The maximum Gasteiger partial charge on any atom is 0.271 e. The molecule has 2 aromatic rings. The molecule has 1 saturated heterocycles. The standard InChI is InChI=1S/C19H24N6O2/c1-4-14(13-10-25(11-13)17(26)5-2)23-16-8-12(9-22-18(16)27)15-6-7-21-19(20-3)24-15/h5-9,13-14,23H,2,4,10-11H2,1,3H3,(H,22,27)(H,20,21,24). The Morgan fingerprint density at radius 1 is 1.52 bits per heavy atom. The van der Waals surface area contributed by atoms with Gasteiger partial charge in [-0.25, -0.2) is 9.97 Å². The summed E-state index contributed by atoms with van der Waals surface area (Å²) >= 11 is 0. The highest BCUT2D eigenvalue weighted by Crippen LogP contribution is 2.25. The van der Waals surface area contributed by atoms with E-state index in [4.69, 9.17) is 0 Å². The molecule has 3 heterocycles. The Bertz CT molecular complexity index is 888. The lowest BCUT2D eigenvalue weighted by molar-refractivity contribution is -0.132. The van der Waals surface area contributed by atoms with E-state index in [0.29, 0.717) is 36.3 Å². The Morgan fingerprint density at radius 3 is 2.96 bits per heavy atom. The lowest BCUT2D eigenvalue weighted by atomic mass is 9.89. The van der Waals surface area contributed by atoms with Crippen LogP contribution < -0.4 is 16.2 Å². The van der Waals surface area contributed by atoms with Gasteiger partial charge in [0.2, 0.25) is 11.9 Å². The van der Waals surface area contributed by atoms with Gasteiger partial charge < -0.3 is 20.5 Å². The highest BCUT2D eigenvalue weighted by atomic mass is 16.2. The molecule has 0 spiro atoms. The van der Waals surface area contributed by atoms with E-state index in [0.717, 1.165) is 12.0 Å². The third-order valence-electron chi connectivity index (χ3n) is 4.82. The van der Waals surface area contributed by atoms with Gasteiger partial charge in [0.15, 0.2) is 0 Å². The summed E-state index contributed by atoms with van der Waals surface area (Å²) in [5, 5.41) is 6.25. The SMILES string of the molecule is C=CC(=O)N1CC(C(CC)Nc2cc(-c3ccnc(NC)n3)c[nH]c2=O)C1. The predicted molar refractivity (Wildman–Crippen MR) is 106 cm³/mol. The summed E-state index contributed by atoms with van der Waals surface area (Å²) in [6.45, 7) is 6.93. The van der Waals surface area contributed by atoms with Crippen LogP contribution in [-0.2, 0) is 4.79 Å². The molecule has 1 unspecified atom stereocenters. The molecular weight excluding hydrogens is 344 g/mol. The van der Waals surface area contributed by atoms with Crippen LogP contribution in [0.2, 0.25) is 0 Å². The minimum absolute atomic E-state index is 0.0509. The Labute approximate surface area is 157 Å². The summed E-state index contributed by atoms with van der Waals surface area (Å²) in [6, 6.07) is 3.70. The van der Waals surface area contributed by atoms with Crippen molar-refractivity contribution in [3.8, 4) is 11.3 Å². The monoisotopic (exact) mass is 368 g/mol. The number of amides is 1. The molecule has 27 heavy (non-hydrogen) atoms. The van der Waals surface area contributed by atoms with Crippen LogP contribution in [0.25, 0.3) is 11.3 Å². The number of rotatable bonds is 7. The molecule has 142 valence electrons. The molecule has 1 aliphatic rings. The number of aromatic amines is 1. The van der Waals surface area contributed by atoms with Gasteiger partial charge in [0.1, 0.15) is 5.69 Å². The Morgan fingerprint density at radius 2 is 2.30 bits per heavy atom. The van der Waals surface area contributed by atoms with E-state index in [2.05, 4.69) is 39.1 Å². The molecule has 0 aliphatic carbocycles. The van der Waals surface area contributed by atoms with Gasteiger partial charge in [-0.2, -0.15) is 0 Å². The van der Waals surface area contributed by atoms with Crippen molar-refractivity contribution >= 4 is 17.5 Å². The van der Waals surface area contributed by atoms with Crippen molar-refractivity contribution in [3.63, 3.8) is 0 Å². The molecule has 1 fully saturated rings. The smallest absolute Gasteiger partial charge is 0.271 e. The van der Waals surface area contributed by atoms with Crippen LogP contribution in [0.1, 0.15) is 13.3 Å². The first-order chi connectivity index (χ1) is 13.0. The number of anilines is 2. The third kappa shape index (κ3) is 3.99. The molecule has 2 aromatic heterocycles. The molecule has 3 rings (SSSR count). The van der Waals surface area contributed by atoms with Gasteiger partial charge in [0.25, 0.3) is 5.56 Å². The van der Waals surface area contributed by atoms with E-state index < -0.39 is 0 Å². The van der Waals surface area contributed by atoms with Crippen molar-refractivity contribution in [2.45, 2.75) is 19.4 Å². The van der Waals surface area contributed by atoms with Crippen molar-refractivity contribution in [1.29, 1.82) is 0 Å². The van der Waals surface area contributed by atoms with Crippen LogP contribution in [0, 0.1) is 5.92 Å². The third-order valence-corrected chi connectivity index (χ3v) is 4.82. The molecule has 1 aliphatic heterocycles. The van der Waals surface area contributed by atoms with Crippen molar-refractivity contribution in [3.05, 3.63) is 47.5 Å². The van der Waals surface area contributed by atoms with Gasteiger partial charge in [0, 0.05) is 50.1 Å². The zero-order valence-corrected chi connectivity index (χ0v) is 15.5. The Kier molecular flexibility index (Phi) is 5.54. The van der Waals surface area contributed by atoms with Crippen LogP contribution in [0.15, 0.2) is 42.0 Å². The lowest BCUT2D eigenvalue weighted by Crippen LogP contribution is -2.55. The normalized spacial score (nSPS) is 15.0. The van der Waals surface area contributed by atoms with Gasteiger partial charge >= 0.3 is 0 Å². The van der Waals surface area contributed by atoms with Gasteiger partial charge in [-0.1, -0.05) is 13.5 Å². The fourth-order valence-electron chi connectivity index (χ4n) is 3.21. The topological polar surface area (TPSA) is 103 Å². The Balaban J connectivity index is 1.77. The van der Waals surface area contributed by atoms with E-state index in [-0.39, 0.29) is 17.5 Å². The first-order valence-electron chi connectivity index (χ1n) is 8.97. The van der Waals surface area contributed by atoms with E-state index in [1.54, 1.807) is 36.5 Å². The van der Waals surface area contributed by atoms with E-state index in [1.807, 2.05) is 0 Å². The molecule has 1 amide bonds. The zero-order valence-electron chi connectivity index (χ0n) is 15.5. The molecule has 8 heteroatoms. The van der Waals surface area contributed by atoms with Gasteiger partial charge in [-0.15, -0.1) is 0 Å². The number of hydrogen-bond acceptors (Lipinski definition) is 6. The summed E-state index contributed by atoms with van der Waals surface area (Å²) in [5.74, 6) is 0.767. The minimum atomic E-state index is -0.182. The molecule has 0 saturated carbocycles. The van der Waals surface area contributed by atoms with Gasteiger partial charge in [0.05, 0.1) is 5.69 Å². The van der Waals surface area contributed by atoms with Crippen LogP contribution in [0.5, 0.6) is 0 Å². The summed E-state index contributed by atoms with van der Waals surface area (Å²) in [4.78, 5) is 37.0. The molecule has 1 atom stereocenters. The predicted octanol–water partition coefficient (Wildman–Crippen LogP) is 1.71. The number of aromatic nitrogens is 3. The molecule has 0 aromatic carbocycles. The van der Waals surface area contributed by atoms with E-state index >= 15 is 0 Å². The first kappa shape index (κ1) is 18.6. The summed E-state index contributed by atoms with van der Waals surface area (Å²) < 4.78 is 0. The van der Waals surface area contributed by atoms with Gasteiger partial charge in [-0.05, 0) is 24.6 Å². The number of H-pyrrole nitrogens is 1. The lowest BCUT2D eigenvalue weighted by Gasteiger charge is -2.43. The number of carbonyl (C=O) groups is 1. The fourth-order valence-corrected chi connectivity index (χ4v) is 3.21. The second-order valence-corrected chi connectivity index (χ2v) is 6.51. The minimum Gasteiger partial charge on any atom is -0.377 e. The number of pyridine rings is 1. The number of hydrogen-bond donors (Lipinski definition) is 3. The first-order valence-corrected chi connectivity index (χ1v) is 8.97. The van der Waals surface area contributed by atoms with Crippen molar-refractivity contribution in [1.82, 2.24) is 19.9 Å². The highest BCUT2D eigenvalue weighted by Gasteiger charge is 2.34. The number of nitrogens with zero attached hydrogens (tertiary/aromatic N) is 3. The average molecular weight is 368 g/mol. The molecule has 8 nitrogen and oxygen atoms in total. The van der Waals surface area contributed by atoms with Crippen molar-refractivity contribution in [2.75, 3.05) is 30.8 Å². The largest absolute Gasteiger partial charge is 0.377 e.